The number of likely N-dealkylation sites (tertiary alicyclic amines) is 1. The summed E-state index contributed by atoms with van der Waals surface area (Å²) in [5.41, 5.74) is 9.67. The summed E-state index contributed by atoms with van der Waals surface area (Å²) in [6.45, 7) is 2.58. The lowest BCUT2D eigenvalue weighted by molar-refractivity contribution is -0.0364. The Balaban J connectivity index is 1.14. The van der Waals surface area contributed by atoms with Crippen molar-refractivity contribution in [2.45, 2.75) is 38.1 Å². The van der Waals surface area contributed by atoms with Gasteiger partial charge < -0.3 is 15.4 Å². The van der Waals surface area contributed by atoms with Gasteiger partial charge >= 0.3 is 0 Å². The molecule has 1 aliphatic heterocycles. The molecule has 3 N–H and O–H groups in total. The number of aryl methyl sites for hydroxylation is 1. The number of nitrogens with zero attached hydrogens (tertiary/aromatic N) is 7. The molecule has 3 aromatic heterocycles. The van der Waals surface area contributed by atoms with Crippen molar-refractivity contribution in [3.8, 4) is 22.7 Å². The molecule has 11 nitrogen and oxygen atoms in total. The first-order valence-electron chi connectivity index (χ1n) is 13.1. The van der Waals surface area contributed by atoms with Crippen LogP contribution in [0.3, 0.4) is 0 Å². The molecule has 0 unspecified atom stereocenters. The molecule has 206 valence electrons. The highest BCUT2D eigenvalue weighted by molar-refractivity contribution is 6.31. The summed E-state index contributed by atoms with van der Waals surface area (Å²) in [4.78, 5) is 24.3. The molecule has 0 spiro atoms. The van der Waals surface area contributed by atoms with Crippen LogP contribution in [0.4, 0.5) is 0 Å². The Kier molecular flexibility index (Phi) is 6.97. The fourth-order valence-electron chi connectivity index (χ4n) is 5.28. The quantitative estimate of drug-likeness (QED) is 0.307. The smallest absolute Gasteiger partial charge is 0.281 e. The Bertz CT molecular complexity index is 1700. The van der Waals surface area contributed by atoms with Gasteiger partial charge in [-0.15, -0.1) is 0 Å². The van der Waals surface area contributed by atoms with E-state index in [1.807, 2.05) is 42.5 Å². The minimum atomic E-state index is -1.03. The monoisotopic (exact) mass is 560 g/mol. The number of aliphatic hydroxyl groups is 1. The minimum absolute atomic E-state index is 0.152. The maximum Gasteiger partial charge on any atom is 0.281 e. The zero-order valence-corrected chi connectivity index (χ0v) is 22.8. The molecule has 0 bridgehead atoms. The van der Waals surface area contributed by atoms with Crippen molar-refractivity contribution in [3.63, 3.8) is 0 Å². The van der Waals surface area contributed by atoms with Crippen LogP contribution in [-0.2, 0) is 26.7 Å². The van der Waals surface area contributed by atoms with Crippen LogP contribution in [0.15, 0.2) is 64.4 Å². The van der Waals surface area contributed by atoms with Crippen LogP contribution in [0.2, 0.25) is 5.02 Å². The van der Waals surface area contributed by atoms with E-state index in [2.05, 4.69) is 25.1 Å². The van der Waals surface area contributed by atoms with Crippen LogP contribution in [-0.4, -0.2) is 58.2 Å². The lowest BCUT2D eigenvalue weighted by Crippen LogP contribution is -2.47. The number of halogens is 1. The van der Waals surface area contributed by atoms with Gasteiger partial charge in [0, 0.05) is 49.4 Å². The van der Waals surface area contributed by atoms with Crippen LogP contribution < -0.4 is 11.3 Å². The highest BCUT2D eigenvalue weighted by Gasteiger charge is 2.33. The predicted octanol–water partition coefficient (Wildman–Crippen LogP) is 2.99. The molecule has 6 rings (SSSR count). The molecule has 40 heavy (non-hydrogen) atoms. The van der Waals surface area contributed by atoms with E-state index in [-0.39, 0.29) is 17.6 Å². The summed E-state index contributed by atoms with van der Waals surface area (Å²) in [5.74, 6) is 0.419. The van der Waals surface area contributed by atoms with Crippen molar-refractivity contribution in [1.29, 1.82) is 0 Å². The molecule has 1 fully saturated rings. The van der Waals surface area contributed by atoms with E-state index in [9.17, 15) is 9.90 Å². The van der Waals surface area contributed by atoms with Gasteiger partial charge in [0.1, 0.15) is 5.52 Å². The molecule has 0 saturated carbocycles. The SMILES string of the molecule is Cn1nc2c(=O)n(CC3(O)CCN(Cc4ccc(-c5ncno5)cc4Cl)CC3)cnc2c1-c1ccc(CN)cc1. The van der Waals surface area contributed by atoms with Crippen LogP contribution >= 0.6 is 11.6 Å². The van der Waals surface area contributed by atoms with Gasteiger partial charge in [0.25, 0.3) is 11.4 Å². The fourth-order valence-corrected chi connectivity index (χ4v) is 5.52. The first kappa shape index (κ1) is 26.3. The second-order valence-corrected chi connectivity index (χ2v) is 10.7. The maximum atomic E-state index is 13.4. The summed E-state index contributed by atoms with van der Waals surface area (Å²) in [5, 5.41) is 20.1. The summed E-state index contributed by atoms with van der Waals surface area (Å²) >= 11 is 6.54. The largest absolute Gasteiger partial charge is 0.388 e. The van der Waals surface area contributed by atoms with Crippen LogP contribution in [0.1, 0.15) is 24.0 Å². The maximum absolute atomic E-state index is 13.4. The number of hydrogen-bond acceptors (Lipinski definition) is 9. The summed E-state index contributed by atoms with van der Waals surface area (Å²) in [7, 11) is 1.80. The average molecular weight is 561 g/mol. The van der Waals surface area contributed by atoms with Crippen molar-refractivity contribution in [3.05, 3.63) is 81.6 Å². The Labute approximate surface area is 234 Å². The van der Waals surface area contributed by atoms with Crippen LogP contribution in [0.5, 0.6) is 0 Å². The van der Waals surface area contributed by atoms with E-state index in [0.29, 0.717) is 55.5 Å². The van der Waals surface area contributed by atoms with Gasteiger partial charge in [-0.1, -0.05) is 47.1 Å². The molecular formula is C28H29ClN8O3. The molecule has 0 amide bonds. The van der Waals surface area contributed by atoms with Crippen molar-refractivity contribution in [1.82, 2.24) is 34.4 Å². The Morgan fingerprint density at radius 3 is 2.50 bits per heavy atom. The van der Waals surface area contributed by atoms with E-state index in [4.69, 9.17) is 21.9 Å². The van der Waals surface area contributed by atoms with Crippen molar-refractivity contribution >= 4 is 22.6 Å². The summed E-state index contributed by atoms with van der Waals surface area (Å²) in [6.07, 6.45) is 3.89. The van der Waals surface area contributed by atoms with Crippen LogP contribution in [0, 0.1) is 0 Å². The summed E-state index contributed by atoms with van der Waals surface area (Å²) < 4.78 is 8.25. The lowest BCUT2D eigenvalue weighted by atomic mass is 9.91. The lowest BCUT2D eigenvalue weighted by Gasteiger charge is -2.38. The molecule has 0 atom stereocenters. The third-order valence-corrected chi connectivity index (χ3v) is 7.93. The highest BCUT2D eigenvalue weighted by Crippen LogP contribution is 2.29. The number of benzene rings is 2. The summed E-state index contributed by atoms with van der Waals surface area (Å²) in [6, 6.07) is 13.5. The fraction of sp³-hybridized carbons (Fsp3) is 0.321. The van der Waals surface area contributed by atoms with E-state index in [1.165, 1.54) is 17.2 Å². The van der Waals surface area contributed by atoms with Crippen molar-refractivity contribution in [2.24, 2.45) is 12.8 Å². The van der Waals surface area contributed by atoms with Gasteiger partial charge in [0.05, 0.1) is 24.2 Å². The second kappa shape index (κ2) is 10.6. The first-order valence-corrected chi connectivity index (χ1v) is 13.4. The first-order chi connectivity index (χ1) is 19.3. The predicted molar refractivity (Wildman–Crippen MR) is 150 cm³/mol. The van der Waals surface area contributed by atoms with Crippen molar-refractivity contribution in [2.75, 3.05) is 13.1 Å². The van der Waals surface area contributed by atoms with E-state index < -0.39 is 5.60 Å². The number of rotatable bonds is 7. The van der Waals surface area contributed by atoms with Crippen LogP contribution in [0.25, 0.3) is 33.7 Å². The minimum Gasteiger partial charge on any atom is -0.388 e. The Morgan fingerprint density at radius 1 is 1.07 bits per heavy atom. The molecule has 1 aliphatic rings. The van der Waals surface area contributed by atoms with E-state index >= 15 is 0 Å². The normalized spacial score (nSPS) is 15.6. The molecule has 1 saturated heterocycles. The molecule has 2 aromatic carbocycles. The van der Waals surface area contributed by atoms with Gasteiger partial charge in [-0.3, -0.25) is 18.9 Å². The number of fused-ring (bicyclic) bond motifs is 1. The molecule has 4 heterocycles. The zero-order valence-electron chi connectivity index (χ0n) is 22.0. The van der Waals surface area contributed by atoms with Gasteiger partial charge in [0.2, 0.25) is 0 Å². The molecule has 0 aliphatic carbocycles. The van der Waals surface area contributed by atoms with E-state index in [1.54, 1.807) is 11.7 Å². The van der Waals surface area contributed by atoms with Gasteiger partial charge in [-0.2, -0.15) is 10.1 Å². The van der Waals surface area contributed by atoms with Gasteiger partial charge in [-0.25, -0.2) is 4.98 Å². The standard InChI is InChI=1S/C28H29ClN8O3/c1-35-25(19-4-2-18(13-30)3-5-19)23-24(34-35)27(38)37(17-32-23)15-28(39)8-10-36(11-9-28)14-21-7-6-20(12-22(21)29)26-31-16-33-40-26/h2-7,12,16-17,39H,8-11,13-15,30H2,1H3. The number of piperidine rings is 1. The number of hydrogen-bond donors (Lipinski definition) is 2. The third kappa shape index (κ3) is 5.04. The molecule has 5 aromatic rings. The number of aromatic nitrogens is 6. The second-order valence-electron chi connectivity index (χ2n) is 10.3. The van der Waals surface area contributed by atoms with Gasteiger partial charge in [0.15, 0.2) is 11.8 Å². The molecule has 0 radical (unpaired) electrons. The molecular weight excluding hydrogens is 532 g/mol. The molecule has 12 heteroatoms. The third-order valence-electron chi connectivity index (χ3n) is 7.58. The highest BCUT2D eigenvalue weighted by atomic mass is 35.5. The Morgan fingerprint density at radius 2 is 1.82 bits per heavy atom. The Hall–Kier alpha value is -3.90. The van der Waals surface area contributed by atoms with Crippen molar-refractivity contribution < 1.29 is 9.63 Å². The zero-order chi connectivity index (χ0) is 27.9. The number of nitrogens with two attached hydrogens (primary N) is 1. The van der Waals surface area contributed by atoms with E-state index in [0.717, 1.165) is 27.9 Å². The van der Waals surface area contributed by atoms with Gasteiger partial charge in [-0.05, 0) is 36.1 Å². The average Bonchev–Trinajstić information content (AvgIpc) is 3.61. The topological polar surface area (TPSA) is 141 Å².